The van der Waals surface area contributed by atoms with E-state index in [-0.39, 0.29) is 37.7 Å². The Kier molecular flexibility index (Phi) is 4.73. The van der Waals surface area contributed by atoms with Gasteiger partial charge >= 0.3 is 6.61 Å². The van der Waals surface area contributed by atoms with Crippen molar-refractivity contribution in [3.8, 4) is 17.2 Å². The fourth-order valence-electron chi connectivity index (χ4n) is 2.92. The monoisotopic (exact) mass is 351 g/mol. The number of rotatable bonds is 5. The average molecular weight is 351 g/mol. The van der Waals surface area contributed by atoms with Crippen LogP contribution in [0.25, 0.3) is 0 Å². The van der Waals surface area contributed by atoms with Crippen LogP contribution in [-0.2, 0) is 6.54 Å². The lowest BCUT2D eigenvalue weighted by molar-refractivity contribution is -0.143. The van der Waals surface area contributed by atoms with Gasteiger partial charge in [0.1, 0.15) is 11.9 Å². The number of hydrogen-bond acceptors (Lipinski definition) is 5. The van der Waals surface area contributed by atoms with Gasteiger partial charge in [-0.15, -0.1) is 0 Å². The van der Waals surface area contributed by atoms with Crippen molar-refractivity contribution in [2.75, 3.05) is 6.79 Å². The molecule has 0 bridgehead atoms. The second-order valence-corrected chi connectivity index (χ2v) is 5.78. The molecular formula is C15H17F4NO4. The van der Waals surface area contributed by atoms with Gasteiger partial charge in [0.15, 0.2) is 11.5 Å². The van der Waals surface area contributed by atoms with Crippen LogP contribution in [0.4, 0.5) is 17.6 Å². The quantitative estimate of drug-likeness (QED) is 0.799. The van der Waals surface area contributed by atoms with Crippen molar-refractivity contribution in [3.63, 3.8) is 0 Å². The minimum Gasteiger partial charge on any atom is -0.454 e. The molecule has 0 aromatic heterocycles. The normalized spacial score (nSPS) is 25.1. The molecular weight excluding hydrogens is 334 g/mol. The number of hydrogen-bond donors (Lipinski definition) is 2. The summed E-state index contributed by atoms with van der Waals surface area (Å²) in [6.07, 6.45) is -1.55. The minimum absolute atomic E-state index is 0.0312. The zero-order valence-electron chi connectivity index (χ0n) is 12.6. The molecule has 0 amide bonds. The Labute approximate surface area is 135 Å². The molecule has 1 heterocycles. The van der Waals surface area contributed by atoms with Crippen LogP contribution < -0.4 is 19.5 Å². The van der Waals surface area contributed by atoms with E-state index in [0.29, 0.717) is 17.7 Å². The molecule has 0 unspecified atom stereocenters. The van der Waals surface area contributed by atoms with Crippen molar-refractivity contribution in [1.29, 1.82) is 0 Å². The van der Waals surface area contributed by atoms with E-state index < -0.39 is 24.7 Å². The van der Waals surface area contributed by atoms with E-state index in [2.05, 4.69) is 10.1 Å². The Hall–Kier alpha value is -1.74. The number of aliphatic hydroxyl groups is 1. The minimum atomic E-state index is -3.16. The van der Waals surface area contributed by atoms with Crippen LogP contribution in [0.15, 0.2) is 12.1 Å². The Morgan fingerprint density at radius 2 is 2.00 bits per heavy atom. The zero-order chi connectivity index (χ0) is 17.3. The molecule has 1 aliphatic carbocycles. The van der Waals surface area contributed by atoms with E-state index in [4.69, 9.17) is 9.47 Å². The highest BCUT2D eigenvalue weighted by atomic mass is 19.3. The van der Waals surface area contributed by atoms with Gasteiger partial charge in [-0.2, -0.15) is 8.78 Å². The molecule has 1 aromatic carbocycles. The van der Waals surface area contributed by atoms with Crippen molar-refractivity contribution >= 4 is 0 Å². The molecule has 1 aromatic rings. The molecule has 0 radical (unpaired) electrons. The smallest absolute Gasteiger partial charge is 0.387 e. The second-order valence-electron chi connectivity index (χ2n) is 5.78. The van der Waals surface area contributed by atoms with E-state index in [0.717, 1.165) is 0 Å². The predicted molar refractivity (Wildman–Crippen MR) is 74.6 cm³/mol. The van der Waals surface area contributed by atoms with E-state index >= 15 is 0 Å². The Bertz CT molecular complexity index is 599. The van der Waals surface area contributed by atoms with Gasteiger partial charge in [0.05, 0.1) is 0 Å². The topological polar surface area (TPSA) is 60.0 Å². The molecule has 24 heavy (non-hydrogen) atoms. The Morgan fingerprint density at radius 1 is 1.29 bits per heavy atom. The first-order chi connectivity index (χ1) is 11.4. The van der Waals surface area contributed by atoms with Crippen LogP contribution in [0.5, 0.6) is 17.2 Å². The third-order valence-corrected chi connectivity index (χ3v) is 4.17. The number of fused-ring (bicyclic) bond motifs is 1. The SMILES string of the molecule is O[C@@H]1[C@@H](NCc2cc3c(cc2OC(F)F)OCO3)CCCC1(F)F. The van der Waals surface area contributed by atoms with Crippen molar-refractivity contribution in [2.24, 2.45) is 0 Å². The number of alkyl halides is 4. The standard InChI is InChI=1S/C15H17F4NO4/c16-14(17)24-10-5-12-11(22-7-23-12)4-8(10)6-20-9-2-1-3-15(18,19)13(9)21/h4-5,9,13-14,20-21H,1-3,6-7H2/t9-,13+/m0/s1. The Balaban J connectivity index is 1.74. The van der Waals surface area contributed by atoms with Gasteiger partial charge in [-0.25, -0.2) is 8.78 Å². The van der Waals surface area contributed by atoms with Crippen molar-refractivity contribution in [2.45, 2.75) is 50.5 Å². The summed E-state index contributed by atoms with van der Waals surface area (Å²) in [6.45, 7) is -3.10. The van der Waals surface area contributed by atoms with Gasteiger partial charge in [-0.1, -0.05) is 0 Å². The molecule has 2 N–H and O–H groups in total. The maximum Gasteiger partial charge on any atom is 0.387 e. The summed E-state index contributed by atoms with van der Waals surface area (Å²) in [5, 5.41) is 12.5. The first-order valence-corrected chi connectivity index (χ1v) is 7.53. The number of ether oxygens (including phenoxy) is 3. The van der Waals surface area contributed by atoms with E-state index in [1.807, 2.05) is 0 Å². The highest BCUT2D eigenvalue weighted by molar-refractivity contribution is 5.51. The second kappa shape index (κ2) is 6.64. The summed E-state index contributed by atoms with van der Waals surface area (Å²) in [5.41, 5.74) is 0.306. The van der Waals surface area contributed by atoms with Crippen molar-refractivity contribution in [1.82, 2.24) is 5.32 Å². The van der Waals surface area contributed by atoms with Crippen LogP contribution >= 0.6 is 0 Å². The van der Waals surface area contributed by atoms with Gasteiger partial charge in [-0.3, -0.25) is 0 Å². The highest BCUT2D eigenvalue weighted by Crippen LogP contribution is 2.39. The molecule has 2 aliphatic rings. The molecule has 9 heteroatoms. The maximum atomic E-state index is 13.6. The zero-order valence-corrected chi connectivity index (χ0v) is 12.6. The summed E-state index contributed by atoms with van der Waals surface area (Å²) in [4.78, 5) is 0. The third-order valence-electron chi connectivity index (χ3n) is 4.17. The van der Waals surface area contributed by atoms with Gasteiger partial charge in [0.25, 0.3) is 5.92 Å². The fourth-order valence-corrected chi connectivity index (χ4v) is 2.92. The first kappa shape index (κ1) is 17.1. The maximum absolute atomic E-state index is 13.6. The summed E-state index contributed by atoms with van der Waals surface area (Å²) in [7, 11) is 0. The summed E-state index contributed by atoms with van der Waals surface area (Å²) in [5.74, 6) is -2.65. The summed E-state index contributed by atoms with van der Waals surface area (Å²) in [6, 6.07) is 1.90. The first-order valence-electron chi connectivity index (χ1n) is 7.53. The van der Waals surface area contributed by atoms with Crippen LogP contribution in [0, 0.1) is 0 Å². The Morgan fingerprint density at radius 3 is 2.71 bits per heavy atom. The molecule has 0 saturated heterocycles. The van der Waals surface area contributed by atoms with Gasteiger partial charge in [0.2, 0.25) is 6.79 Å². The van der Waals surface area contributed by atoms with E-state index in [1.54, 1.807) is 0 Å². The summed E-state index contributed by atoms with van der Waals surface area (Å²) < 4.78 is 67.0. The average Bonchev–Trinajstić information content (AvgIpc) is 2.95. The van der Waals surface area contributed by atoms with Gasteiger partial charge in [0, 0.05) is 30.6 Å². The van der Waals surface area contributed by atoms with E-state index in [1.165, 1.54) is 12.1 Å². The van der Waals surface area contributed by atoms with Crippen molar-refractivity contribution in [3.05, 3.63) is 17.7 Å². The lowest BCUT2D eigenvalue weighted by Gasteiger charge is -2.35. The largest absolute Gasteiger partial charge is 0.454 e. The molecule has 1 fully saturated rings. The van der Waals surface area contributed by atoms with Crippen LogP contribution in [-0.4, -0.2) is 36.6 Å². The third kappa shape index (κ3) is 3.51. The molecule has 1 saturated carbocycles. The lowest BCUT2D eigenvalue weighted by atomic mass is 9.89. The number of nitrogens with one attached hydrogen (secondary N) is 1. The van der Waals surface area contributed by atoms with Gasteiger partial charge in [-0.05, 0) is 18.9 Å². The van der Waals surface area contributed by atoms with Crippen molar-refractivity contribution < 1.29 is 36.9 Å². The molecule has 3 rings (SSSR count). The fraction of sp³-hybridized carbons (Fsp3) is 0.600. The predicted octanol–water partition coefficient (Wildman–Crippen LogP) is 2.66. The highest BCUT2D eigenvalue weighted by Gasteiger charge is 2.45. The van der Waals surface area contributed by atoms with E-state index in [9.17, 15) is 22.7 Å². The van der Waals surface area contributed by atoms with Crippen LogP contribution in [0.3, 0.4) is 0 Å². The van der Waals surface area contributed by atoms with Gasteiger partial charge < -0.3 is 24.6 Å². The molecule has 1 aliphatic heterocycles. The molecule has 134 valence electrons. The summed E-state index contributed by atoms with van der Waals surface area (Å²) >= 11 is 0. The molecule has 0 spiro atoms. The van der Waals surface area contributed by atoms with Crippen LogP contribution in [0.2, 0.25) is 0 Å². The molecule has 2 atom stereocenters. The number of aliphatic hydroxyl groups excluding tert-OH is 1. The lowest BCUT2D eigenvalue weighted by Crippen LogP contribution is -2.52. The molecule has 5 nitrogen and oxygen atoms in total. The number of halogens is 4. The number of benzene rings is 1. The van der Waals surface area contributed by atoms with Crippen LogP contribution in [0.1, 0.15) is 24.8 Å².